The summed E-state index contributed by atoms with van der Waals surface area (Å²) in [5.41, 5.74) is 2.21. The molecule has 1 aliphatic rings. The largest absolute Gasteiger partial charge is 0.416 e. The molecule has 0 radical (unpaired) electrons. The number of benzene rings is 2. The van der Waals surface area contributed by atoms with Crippen LogP contribution in [0.4, 0.5) is 13.2 Å². The predicted molar refractivity (Wildman–Crippen MR) is 101 cm³/mol. The summed E-state index contributed by atoms with van der Waals surface area (Å²) in [6.45, 7) is 0.731. The van der Waals surface area contributed by atoms with Crippen molar-refractivity contribution < 1.29 is 18.0 Å². The summed E-state index contributed by atoms with van der Waals surface area (Å²) in [5, 5.41) is 12.6. The third-order valence-corrected chi connectivity index (χ3v) is 5.14. The van der Waals surface area contributed by atoms with E-state index in [0.717, 1.165) is 23.3 Å². The van der Waals surface area contributed by atoms with Crippen molar-refractivity contribution in [2.45, 2.75) is 25.8 Å². The third kappa shape index (κ3) is 3.86. The molecule has 1 aliphatic heterocycles. The Balaban J connectivity index is 1.52. The molecule has 4 rings (SSSR count). The van der Waals surface area contributed by atoms with Crippen molar-refractivity contribution >= 4 is 17.5 Å². The van der Waals surface area contributed by atoms with Crippen LogP contribution in [0.15, 0.2) is 42.7 Å². The fraction of sp³-hybridized carbons (Fsp3) is 0.200. The summed E-state index contributed by atoms with van der Waals surface area (Å²) in [7, 11) is 0. The van der Waals surface area contributed by atoms with Crippen molar-refractivity contribution in [3.05, 3.63) is 70.3 Å². The summed E-state index contributed by atoms with van der Waals surface area (Å²) in [5.74, 6) is -0.194. The number of rotatable bonds is 3. The van der Waals surface area contributed by atoms with E-state index < -0.39 is 11.7 Å². The van der Waals surface area contributed by atoms with Crippen LogP contribution in [0, 0.1) is 11.3 Å². The molecule has 3 aromatic rings. The molecule has 152 valence electrons. The minimum absolute atomic E-state index is 0.00873. The van der Waals surface area contributed by atoms with Gasteiger partial charge in [-0.25, -0.2) is 9.67 Å². The highest BCUT2D eigenvalue weighted by molar-refractivity contribution is 6.33. The second-order valence-electron chi connectivity index (χ2n) is 6.80. The van der Waals surface area contributed by atoms with Crippen molar-refractivity contribution in [1.29, 1.82) is 5.26 Å². The number of carbonyl (C=O) groups excluding carboxylic acids is 1. The summed E-state index contributed by atoms with van der Waals surface area (Å²) in [6.07, 6.45) is -3.14. The molecule has 30 heavy (non-hydrogen) atoms. The zero-order valence-electron chi connectivity index (χ0n) is 15.3. The van der Waals surface area contributed by atoms with Gasteiger partial charge in [0, 0.05) is 23.7 Å². The number of carbonyl (C=O) groups is 1. The van der Waals surface area contributed by atoms with Gasteiger partial charge in [-0.3, -0.25) is 4.79 Å². The number of halogens is 4. The quantitative estimate of drug-likeness (QED) is 0.627. The second kappa shape index (κ2) is 7.46. The van der Waals surface area contributed by atoms with Gasteiger partial charge in [0.25, 0.3) is 5.82 Å². The Labute approximate surface area is 174 Å². The van der Waals surface area contributed by atoms with Crippen LogP contribution < -0.4 is 0 Å². The van der Waals surface area contributed by atoms with E-state index in [2.05, 4.69) is 10.1 Å². The lowest BCUT2D eigenvalue weighted by molar-refractivity contribution is -0.137. The van der Waals surface area contributed by atoms with Crippen molar-refractivity contribution in [2.75, 3.05) is 0 Å². The summed E-state index contributed by atoms with van der Waals surface area (Å²) in [4.78, 5) is 17.9. The van der Waals surface area contributed by atoms with E-state index in [0.29, 0.717) is 24.2 Å². The first kappa shape index (κ1) is 19.9. The monoisotopic (exact) mass is 431 g/mol. The Morgan fingerprint density at radius 3 is 2.60 bits per heavy atom. The molecule has 1 amide bonds. The summed E-state index contributed by atoms with van der Waals surface area (Å²) < 4.78 is 39.9. The lowest BCUT2D eigenvalue weighted by atomic mass is 9.99. The van der Waals surface area contributed by atoms with Crippen molar-refractivity contribution in [1.82, 2.24) is 19.7 Å². The van der Waals surface area contributed by atoms with Crippen LogP contribution >= 0.6 is 11.6 Å². The van der Waals surface area contributed by atoms with Crippen LogP contribution in [-0.2, 0) is 30.6 Å². The molecule has 2 heterocycles. The summed E-state index contributed by atoms with van der Waals surface area (Å²) in [6, 6.07) is 10.5. The number of hydrogen-bond acceptors (Lipinski definition) is 4. The number of nitrogens with zero attached hydrogens (tertiary/aromatic N) is 5. The molecule has 10 heteroatoms. The van der Waals surface area contributed by atoms with Crippen LogP contribution in [0.5, 0.6) is 0 Å². The average molecular weight is 432 g/mol. The van der Waals surface area contributed by atoms with Crippen LogP contribution in [0.2, 0.25) is 5.02 Å². The zero-order chi connectivity index (χ0) is 21.5. The molecule has 0 saturated carbocycles. The van der Waals surface area contributed by atoms with Crippen LogP contribution in [0.1, 0.15) is 22.5 Å². The van der Waals surface area contributed by atoms with E-state index >= 15 is 0 Å². The fourth-order valence-electron chi connectivity index (χ4n) is 3.32. The molecule has 0 fully saturated rings. The van der Waals surface area contributed by atoms with E-state index in [1.165, 1.54) is 17.1 Å². The lowest BCUT2D eigenvalue weighted by Gasteiger charge is -2.14. The molecule has 2 aromatic carbocycles. The van der Waals surface area contributed by atoms with E-state index in [-0.39, 0.29) is 23.3 Å². The number of hydrogen-bond donors (Lipinski definition) is 0. The Bertz CT molecular complexity index is 1180. The van der Waals surface area contributed by atoms with E-state index in [1.807, 2.05) is 12.1 Å². The fourth-order valence-corrected chi connectivity index (χ4v) is 3.61. The molecule has 0 N–H and O–H groups in total. The number of fused-ring (bicyclic) bond motifs is 1. The molecule has 0 spiro atoms. The average Bonchev–Trinajstić information content (AvgIpc) is 3.33. The van der Waals surface area contributed by atoms with Crippen molar-refractivity contribution in [3.8, 4) is 17.2 Å². The van der Waals surface area contributed by atoms with Gasteiger partial charge in [0.2, 0.25) is 5.91 Å². The van der Waals surface area contributed by atoms with Crippen LogP contribution in [0.25, 0.3) is 11.1 Å². The smallest absolute Gasteiger partial charge is 0.332 e. The highest BCUT2D eigenvalue weighted by Crippen LogP contribution is 2.37. The van der Waals surface area contributed by atoms with Crippen molar-refractivity contribution in [2.24, 2.45) is 0 Å². The van der Waals surface area contributed by atoms with Gasteiger partial charge >= 0.3 is 6.18 Å². The highest BCUT2D eigenvalue weighted by Gasteiger charge is 2.31. The highest BCUT2D eigenvalue weighted by atomic mass is 35.5. The molecule has 0 bridgehead atoms. The maximum Gasteiger partial charge on any atom is 0.416 e. The number of nitriles is 1. The Morgan fingerprint density at radius 1 is 1.17 bits per heavy atom. The van der Waals surface area contributed by atoms with E-state index in [9.17, 15) is 18.0 Å². The second-order valence-corrected chi connectivity index (χ2v) is 7.21. The van der Waals surface area contributed by atoms with Crippen molar-refractivity contribution in [3.63, 3.8) is 0 Å². The SMILES string of the molecule is N#Cc1ncn(CC(=O)N2Cc3ccc(-c4ccc(C(F)(F)F)cc4Cl)cc3C2)n1. The maximum absolute atomic E-state index is 12.9. The molecular weight excluding hydrogens is 419 g/mol. The Morgan fingerprint density at radius 2 is 1.93 bits per heavy atom. The molecular formula is C20H13ClF3N5O. The first-order valence-corrected chi connectivity index (χ1v) is 9.18. The minimum atomic E-state index is -4.46. The van der Waals surface area contributed by atoms with Gasteiger partial charge in [0.1, 0.15) is 18.9 Å². The minimum Gasteiger partial charge on any atom is -0.332 e. The van der Waals surface area contributed by atoms with E-state index in [1.54, 1.807) is 17.0 Å². The molecule has 0 aliphatic carbocycles. The molecule has 0 unspecified atom stereocenters. The molecule has 0 saturated heterocycles. The van der Waals surface area contributed by atoms with E-state index in [4.69, 9.17) is 16.9 Å². The normalized spacial score (nSPS) is 13.2. The Kier molecular flexibility index (Phi) is 4.95. The zero-order valence-corrected chi connectivity index (χ0v) is 16.1. The Hall–Kier alpha value is -3.38. The van der Waals surface area contributed by atoms with Crippen LogP contribution in [0.3, 0.4) is 0 Å². The number of alkyl halides is 3. The van der Waals surface area contributed by atoms with Gasteiger partial charge in [-0.15, -0.1) is 5.10 Å². The topological polar surface area (TPSA) is 74.8 Å². The van der Waals surface area contributed by atoms with Gasteiger partial charge in [-0.2, -0.15) is 18.4 Å². The van der Waals surface area contributed by atoms with Crippen LogP contribution in [-0.4, -0.2) is 25.6 Å². The maximum atomic E-state index is 12.9. The van der Waals surface area contributed by atoms with Gasteiger partial charge in [-0.1, -0.05) is 29.8 Å². The molecule has 1 aromatic heterocycles. The number of amides is 1. The molecule has 6 nitrogen and oxygen atoms in total. The number of aromatic nitrogens is 3. The van der Waals surface area contributed by atoms with Gasteiger partial charge in [0.15, 0.2) is 0 Å². The third-order valence-electron chi connectivity index (χ3n) is 4.82. The lowest BCUT2D eigenvalue weighted by Crippen LogP contribution is -2.29. The standard InChI is InChI=1S/C20H13ClF3N5O/c21-17-6-15(20(22,23)24)3-4-16(17)12-1-2-13-8-28(9-14(13)5-12)19(30)10-29-11-26-18(7-25)27-29/h1-6,11H,8-10H2. The first-order valence-electron chi connectivity index (χ1n) is 8.81. The first-order chi connectivity index (χ1) is 14.2. The van der Waals surface area contributed by atoms with Gasteiger partial charge in [0.05, 0.1) is 5.56 Å². The van der Waals surface area contributed by atoms with Gasteiger partial charge < -0.3 is 4.90 Å². The van der Waals surface area contributed by atoms with Gasteiger partial charge in [-0.05, 0) is 34.9 Å². The molecule has 0 atom stereocenters. The predicted octanol–water partition coefficient (Wildman–Crippen LogP) is 4.03. The summed E-state index contributed by atoms with van der Waals surface area (Å²) >= 11 is 6.10.